The second-order valence-electron chi connectivity index (χ2n) is 17.3. The van der Waals surface area contributed by atoms with E-state index in [1.807, 2.05) is 12.1 Å². The minimum absolute atomic E-state index is 0.0287. The number of nitrogens with one attached hydrogen (secondary N) is 4. The van der Waals surface area contributed by atoms with E-state index in [1.165, 1.54) is 19.6 Å². The van der Waals surface area contributed by atoms with Crippen LogP contribution in [0.3, 0.4) is 0 Å². The Bertz CT molecular complexity index is 3110. The van der Waals surface area contributed by atoms with Gasteiger partial charge in [0.25, 0.3) is 47.3 Å². The molecule has 5 N–H and O–H groups in total. The molecule has 0 bridgehead atoms. The van der Waals surface area contributed by atoms with Gasteiger partial charge in [-0.3, -0.25) is 48.2 Å². The number of hydrogen-bond acceptors (Lipinski definition) is 11. The summed E-state index contributed by atoms with van der Waals surface area (Å²) < 4.78 is 11.3. The number of likely N-dealkylation sites (tertiary alicyclic amines) is 2. The number of β-amino-alcohol motifs (C(OH)–C–C–N with tert-alkyl or cyclic N) is 1. The van der Waals surface area contributed by atoms with Crippen molar-refractivity contribution >= 4 is 58.6 Å². The van der Waals surface area contributed by atoms with E-state index in [-0.39, 0.29) is 98.6 Å². The fraction of sp³-hybridized carbons (Fsp3) is 0.200. The largest absolute Gasteiger partial charge is 0.482 e. The number of fused-ring (bicyclic) bond motifs is 4. The highest BCUT2D eigenvalue weighted by molar-refractivity contribution is 6.10. The Labute approximate surface area is 393 Å². The minimum atomic E-state index is -0.818. The average Bonchev–Trinajstić information content (AvgIpc) is 3.83. The van der Waals surface area contributed by atoms with Crippen molar-refractivity contribution in [2.75, 3.05) is 50.0 Å². The van der Waals surface area contributed by atoms with E-state index in [4.69, 9.17) is 9.47 Å². The van der Waals surface area contributed by atoms with Gasteiger partial charge in [-0.15, -0.1) is 0 Å². The lowest BCUT2D eigenvalue weighted by molar-refractivity contribution is -0.138. The predicted octanol–water partition coefficient (Wildman–Crippen LogP) is 2.71. The Morgan fingerprint density at radius 2 is 1.06 bits per heavy atom. The van der Waals surface area contributed by atoms with Crippen LogP contribution in [0.1, 0.15) is 43.3 Å². The zero-order chi connectivity index (χ0) is 48.6. The summed E-state index contributed by atoms with van der Waals surface area (Å²) in [5, 5.41) is 20.0. The Morgan fingerprint density at radius 1 is 0.594 bits per heavy atom. The molecule has 19 nitrogen and oxygen atoms in total. The summed E-state index contributed by atoms with van der Waals surface area (Å²) in [7, 11) is 0. The Morgan fingerprint density at radius 3 is 1.59 bits per heavy atom. The molecule has 4 aromatic carbocycles. The van der Waals surface area contributed by atoms with Crippen molar-refractivity contribution in [1.82, 2.24) is 30.2 Å². The molecule has 0 spiro atoms. The molecule has 0 aliphatic carbocycles. The summed E-state index contributed by atoms with van der Waals surface area (Å²) in [6.45, 7) is 15.5. The van der Waals surface area contributed by atoms with Gasteiger partial charge in [0, 0.05) is 43.2 Å². The summed E-state index contributed by atoms with van der Waals surface area (Å²) in [4.78, 5) is 110. The topological polar surface area (TPSA) is 236 Å². The van der Waals surface area contributed by atoms with Crippen LogP contribution >= 0.6 is 0 Å². The third-order valence-corrected chi connectivity index (χ3v) is 12.9. The van der Waals surface area contributed by atoms with E-state index in [1.54, 1.807) is 54.6 Å². The number of aliphatic hydroxyl groups excluding tert-OH is 1. The van der Waals surface area contributed by atoms with Gasteiger partial charge in [0.2, 0.25) is 0 Å². The van der Waals surface area contributed by atoms with Crippen LogP contribution in [0, 0.1) is 0 Å². The molecule has 0 unspecified atom stereocenters. The highest BCUT2D eigenvalue weighted by atomic mass is 16.5. The van der Waals surface area contributed by atoms with Crippen molar-refractivity contribution in [3.8, 4) is 33.8 Å². The number of carbonyl (C=O) groups is 8. The van der Waals surface area contributed by atoms with Crippen molar-refractivity contribution in [2.24, 2.45) is 0 Å². The van der Waals surface area contributed by atoms with Crippen LogP contribution in [0.4, 0.5) is 11.4 Å². The minimum Gasteiger partial charge on any atom is -0.482 e. The number of carbonyl (C=O) groups excluding carboxylic acids is 8. The molecular weight excluding hydrogens is 889 g/mol. The fourth-order valence-electron chi connectivity index (χ4n) is 9.08. The van der Waals surface area contributed by atoms with E-state index in [9.17, 15) is 43.5 Å². The molecular formula is C50H42N8O11. The number of anilines is 2. The number of aliphatic hydroxyl groups is 1. The van der Waals surface area contributed by atoms with Gasteiger partial charge in [0.1, 0.15) is 22.9 Å². The van der Waals surface area contributed by atoms with Crippen LogP contribution in [-0.2, 0) is 41.9 Å². The second-order valence-corrected chi connectivity index (χ2v) is 17.3. The van der Waals surface area contributed by atoms with E-state index in [2.05, 4.69) is 47.6 Å². The molecule has 4 aromatic rings. The predicted molar refractivity (Wildman–Crippen MR) is 247 cm³/mol. The number of rotatable bonds is 11. The van der Waals surface area contributed by atoms with Crippen LogP contribution in [0.15, 0.2) is 116 Å². The van der Waals surface area contributed by atoms with Crippen LogP contribution in [0.5, 0.6) is 11.5 Å². The Hall–Kier alpha value is -8.84. The quantitative estimate of drug-likeness (QED) is 0.137. The van der Waals surface area contributed by atoms with Crippen LogP contribution in [0.25, 0.3) is 22.3 Å². The summed E-state index contributed by atoms with van der Waals surface area (Å²) in [6.07, 6.45) is -0.654. The maximum absolute atomic E-state index is 14.2. The summed E-state index contributed by atoms with van der Waals surface area (Å²) in [5.41, 5.74) is 5.43. The molecule has 8 amide bonds. The standard InChI is InChI=1S/C50H42N8O11/c1-24(51-45(62)26(3)57-20-37-33(6-5-7-34(37)49(57)66)28-8-10-39-41(14-28)68-22-43(60)53-39)47(64)55-16-31(17-55)30-12-35(29-9-11-40-42(15-29)69-23-44(61)54-40)38-21-58(50(67)36(38)13-30)27(4)46(63)52-25(2)48(65)56-18-32(59)19-56/h5-15,31-32,59H,1-4,16-23H2,(H,51,62)(H,52,63)(H,53,60)(H,54,61). The first kappa shape index (κ1) is 44.0. The molecule has 10 rings (SSSR count). The lowest BCUT2D eigenvalue weighted by Gasteiger charge is -2.40. The number of ether oxygens (including phenoxy) is 2. The monoisotopic (exact) mass is 930 g/mol. The van der Waals surface area contributed by atoms with Crippen LogP contribution < -0.4 is 30.7 Å². The maximum atomic E-state index is 14.2. The molecule has 6 aliphatic rings. The number of hydrogen-bond donors (Lipinski definition) is 5. The first-order valence-electron chi connectivity index (χ1n) is 21.7. The van der Waals surface area contributed by atoms with Gasteiger partial charge in [-0.1, -0.05) is 56.6 Å². The van der Waals surface area contributed by atoms with E-state index in [0.717, 1.165) is 11.1 Å². The van der Waals surface area contributed by atoms with Crippen molar-refractivity contribution in [3.05, 3.63) is 144 Å². The maximum Gasteiger partial charge on any atom is 0.271 e. The molecule has 6 aliphatic heterocycles. The van der Waals surface area contributed by atoms with Crippen LogP contribution in [-0.4, -0.2) is 117 Å². The fourth-order valence-corrected chi connectivity index (χ4v) is 9.08. The normalized spacial score (nSPS) is 16.8. The zero-order valence-corrected chi connectivity index (χ0v) is 36.8. The summed E-state index contributed by atoms with van der Waals surface area (Å²) in [5.74, 6) is -3.67. The van der Waals surface area contributed by atoms with Gasteiger partial charge in [0.05, 0.1) is 42.0 Å². The Kier molecular flexibility index (Phi) is 10.7. The van der Waals surface area contributed by atoms with E-state index >= 15 is 0 Å². The molecule has 0 aromatic heterocycles. The van der Waals surface area contributed by atoms with Crippen molar-refractivity contribution in [1.29, 1.82) is 0 Å². The SMILES string of the molecule is C=C(NC(=O)C(=C)N1Cc2c(cc(C3CN(C(=O)C(=C)NC(=O)C(=C)N4Cc5c(cccc5-c5ccc6c(c5)OCC(=O)N6)C4=O)C3)cc2-c2ccc3c(c2)OCC(=O)N3)C1=O)C(=O)N1CC(O)C1. The van der Waals surface area contributed by atoms with Gasteiger partial charge in [-0.05, 0) is 75.3 Å². The molecule has 69 heavy (non-hydrogen) atoms. The average molecular weight is 931 g/mol. The molecule has 0 saturated carbocycles. The van der Waals surface area contributed by atoms with Crippen molar-refractivity contribution < 1.29 is 52.9 Å². The highest BCUT2D eigenvalue weighted by Gasteiger charge is 2.40. The number of nitrogens with zero attached hydrogens (tertiary/aromatic N) is 4. The van der Waals surface area contributed by atoms with Gasteiger partial charge in [-0.25, -0.2) is 0 Å². The highest BCUT2D eigenvalue weighted by Crippen LogP contribution is 2.42. The second kappa shape index (κ2) is 16.8. The molecule has 348 valence electrons. The summed E-state index contributed by atoms with van der Waals surface area (Å²) >= 11 is 0. The van der Waals surface area contributed by atoms with Crippen molar-refractivity contribution in [3.63, 3.8) is 0 Å². The molecule has 6 heterocycles. The van der Waals surface area contributed by atoms with Crippen LogP contribution in [0.2, 0.25) is 0 Å². The van der Waals surface area contributed by atoms with Gasteiger partial charge < -0.3 is 45.6 Å². The lowest BCUT2D eigenvalue weighted by Crippen LogP contribution is -2.55. The number of benzene rings is 4. The van der Waals surface area contributed by atoms with Gasteiger partial charge >= 0.3 is 0 Å². The third kappa shape index (κ3) is 7.83. The molecule has 0 radical (unpaired) electrons. The first-order valence-corrected chi connectivity index (χ1v) is 21.7. The van der Waals surface area contributed by atoms with Gasteiger partial charge in [0.15, 0.2) is 13.2 Å². The van der Waals surface area contributed by atoms with Gasteiger partial charge in [-0.2, -0.15) is 0 Å². The zero-order valence-electron chi connectivity index (χ0n) is 36.8. The molecule has 19 heteroatoms. The lowest BCUT2D eigenvalue weighted by atomic mass is 9.85. The Balaban J connectivity index is 0.818. The third-order valence-electron chi connectivity index (χ3n) is 12.9. The first-order chi connectivity index (χ1) is 33.0. The smallest absolute Gasteiger partial charge is 0.271 e. The van der Waals surface area contributed by atoms with E-state index in [0.29, 0.717) is 56.3 Å². The van der Waals surface area contributed by atoms with Crippen molar-refractivity contribution in [2.45, 2.75) is 25.1 Å². The summed E-state index contributed by atoms with van der Waals surface area (Å²) in [6, 6.07) is 19.3. The molecule has 2 saturated heterocycles. The number of amides is 8. The molecule has 2 fully saturated rings. The molecule has 0 atom stereocenters. The van der Waals surface area contributed by atoms with E-state index < -0.39 is 41.5 Å².